The number of benzene rings is 1. The molecular weight excluding hydrogens is 384 g/mol. The first-order valence-electron chi connectivity index (χ1n) is 11.9. The van der Waals surface area contributed by atoms with Crippen LogP contribution in [0, 0.1) is 5.41 Å². The molecule has 0 unspecified atom stereocenters. The maximum absolute atomic E-state index is 8.38. The van der Waals surface area contributed by atoms with Gasteiger partial charge in [-0.2, -0.15) is 0 Å². The highest BCUT2D eigenvalue weighted by Crippen LogP contribution is 2.45. The van der Waals surface area contributed by atoms with E-state index >= 15 is 0 Å². The van der Waals surface area contributed by atoms with Crippen LogP contribution >= 0.6 is 0 Å². The molecule has 1 spiro atoms. The Morgan fingerprint density at radius 1 is 1.03 bits per heavy atom. The van der Waals surface area contributed by atoms with Gasteiger partial charge in [-0.05, 0) is 49.2 Å². The quantitative estimate of drug-likeness (QED) is 0.808. The van der Waals surface area contributed by atoms with Gasteiger partial charge in [0.25, 0.3) is 0 Å². The number of aromatic nitrogens is 2. The van der Waals surface area contributed by atoms with Crippen molar-refractivity contribution in [3.05, 3.63) is 60.0 Å². The predicted molar refractivity (Wildman–Crippen MR) is 125 cm³/mol. The van der Waals surface area contributed by atoms with Crippen LogP contribution in [-0.2, 0) is 0 Å². The molecule has 6 heteroatoms. The highest BCUT2D eigenvalue weighted by atomic mass is 15.2. The van der Waals surface area contributed by atoms with Crippen LogP contribution in [0.1, 0.15) is 32.7 Å². The van der Waals surface area contributed by atoms with E-state index in [2.05, 4.69) is 44.8 Å². The van der Waals surface area contributed by atoms with Crippen molar-refractivity contribution in [2.75, 3.05) is 37.6 Å². The first kappa shape index (κ1) is 17.7. The molecule has 0 atom stereocenters. The number of allylic oxidation sites excluding steroid dienone is 2. The lowest BCUT2D eigenvalue weighted by atomic mass is 9.76. The van der Waals surface area contributed by atoms with E-state index in [0.717, 1.165) is 73.8 Å². The van der Waals surface area contributed by atoms with E-state index in [4.69, 9.17) is 11.3 Å². The van der Waals surface area contributed by atoms with Crippen LogP contribution in [0.15, 0.2) is 59.3 Å². The van der Waals surface area contributed by atoms with Crippen LogP contribution in [0.3, 0.4) is 0 Å². The van der Waals surface area contributed by atoms with Gasteiger partial charge in [0.1, 0.15) is 0 Å². The number of fused-ring (bicyclic) bond motifs is 2. The zero-order chi connectivity index (χ0) is 21.5. The molecule has 0 bridgehead atoms. The minimum Gasteiger partial charge on any atom is -0.389 e. The molecule has 2 aromatic rings. The minimum absolute atomic E-state index is 0.0772. The number of rotatable bonds is 3. The van der Waals surface area contributed by atoms with Crippen LogP contribution in [0.5, 0.6) is 0 Å². The lowest BCUT2D eigenvalue weighted by molar-refractivity contribution is 0.415. The van der Waals surface area contributed by atoms with Crippen molar-refractivity contribution in [2.24, 2.45) is 10.4 Å². The molecule has 6 nitrogen and oxygen atoms in total. The Balaban J connectivity index is 1.30. The summed E-state index contributed by atoms with van der Waals surface area (Å²) in [7, 11) is 0. The van der Waals surface area contributed by atoms with E-state index in [1.165, 1.54) is 18.5 Å². The molecule has 158 valence electrons. The molecule has 2 fully saturated rings. The van der Waals surface area contributed by atoms with E-state index in [-0.39, 0.29) is 5.41 Å². The molecule has 1 saturated carbocycles. The Labute approximate surface area is 184 Å². The van der Waals surface area contributed by atoms with Crippen LogP contribution in [0.4, 0.5) is 5.69 Å². The van der Waals surface area contributed by atoms with Crippen LogP contribution < -0.4 is 15.5 Å². The monoisotopic (exact) mass is 413 g/mol. The summed E-state index contributed by atoms with van der Waals surface area (Å²) in [6, 6.07) is 10.4. The van der Waals surface area contributed by atoms with Gasteiger partial charge in [0.15, 0.2) is 5.82 Å². The lowest BCUT2D eigenvalue weighted by Gasteiger charge is -2.33. The van der Waals surface area contributed by atoms with Crippen LogP contribution in [-0.4, -0.2) is 48.4 Å². The van der Waals surface area contributed by atoms with Gasteiger partial charge in [0.2, 0.25) is 0 Å². The third-order valence-corrected chi connectivity index (χ3v) is 7.01. The number of nitrogens with one attached hydrogen (secondary N) is 2. The van der Waals surface area contributed by atoms with Crippen LogP contribution in [0.25, 0.3) is 17.1 Å². The number of aliphatic imine (C=N–C) groups is 1. The second kappa shape index (κ2) is 7.61. The van der Waals surface area contributed by atoms with Gasteiger partial charge < -0.3 is 15.5 Å². The predicted octanol–water partition coefficient (Wildman–Crippen LogP) is 3.40. The minimum atomic E-state index is 0.0772. The van der Waals surface area contributed by atoms with Gasteiger partial charge in [0, 0.05) is 67.3 Å². The number of nitrogens with zero attached hydrogens (tertiary/aromatic N) is 4. The SMILES string of the molecule is [2H]C1=C2C=C(c3ccnc(-c4ccc(N5CCNCC5)cc4)n3)N=C2C2(CCCC2)CN1. The molecule has 4 aliphatic rings. The standard InChI is InChI=1S/C25H28N6/c1-2-9-25(8-1)17-27-16-19-15-22(29-23(19)25)21-7-10-28-24(30-21)18-3-5-20(6-4-18)31-13-11-26-12-14-31/h3-7,10,15-16,26-27H,1-2,8-9,11-14,17H2/i16D. The van der Waals surface area contributed by atoms with E-state index in [9.17, 15) is 0 Å². The molecule has 31 heavy (non-hydrogen) atoms. The summed E-state index contributed by atoms with van der Waals surface area (Å²) < 4.78 is 8.38. The van der Waals surface area contributed by atoms with Crippen molar-refractivity contribution in [3.63, 3.8) is 0 Å². The van der Waals surface area contributed by atoms with E-state index in [1.807, 2.05) is 18.3 Å². The molecule has 2 N–H and O–H groups in total. The van der Waals surface area contributed by atoms with Gasteiger partial charge in [-0.25, -0.2) is 15.0 Å². The Morgan fingerprint density at radius 2 is 1.84 bits per heavy atom. The first-order chi connectivity index (χ1) is 15.7. The normalized spacial score (nSPS) is 22.7. The van der Waals surface area contributed by atoms with Gasteiger partial charge in [-0.3, -0.25) is 0 Å². The summed E-state index contributed by atoms with van der Waals surface area (Å²) in [5.74, 6) is 0.708. The first-order valence-corrected chi connectivity index (χ1v) is 11.4. The average Bonchev–Trinajstić information content (AvgIpc) is 3.52. The molecule has 6 rings (SSSR count). The average molecular weight is 414 g/mol. The summed E-state index contributed by atoms with van der Waals surface area (Å²) in [6.45, 7) is 4.94. The molecular formula is C25H28N6. The second-order valence-corrected chi connectivity index (χ2v) is 8.92. The topological polar surface area (TPSA) is 65.4 Å². The molecule has 1 saturated heterocycles. The van der Waals surface area contributed by atoms with Gasteiger partial charge in [-0.15, -0.1) is 0 Å². The second-order valence-electron chi connectivity index (χ2n) is 8.92. The number of hydrogen-bond acceptors (Lipinski definition) is 6. The third-order valence-electron chi connectivity index (χ3n) is 7.01. The molecule has 3 aliphatic heterocycles. The van der Waals surface area contributed by atoms with Gasteiger partial charge >= 0.3 is 0 Å². The van der Waals surface area contributed by atoms with E-state index in [0.29, 0.717) is 12.0 Å². The zero-order valence-corrected chi connectivity index (χ0v) is 17.7. The smallest absolute Gasteiger partial charge is 0.159 e. The van der Waals surface area contributed by atoms with Crippen molar-refractivity contribution in [1.82, 2.24) is 20.6 Å². The largest absolute Gasteiger partial charge is 0.389 e. The highest BCUT2D eigenvalue weighted by molar-refractivity contribution is 6.14. The summed E-state index contributed by atoms with van der Waals surface area (Å²) in [5.41, 5.74) is 6.01. The third kappa shape index (κ3) is 3.35. The van der Waals surface area contributed by atoms with Crippen molar-refractivity contribution in [2.45, 2.75) is 25.7 Å². The number of anilines is 1. The molecule has 1 aromatic carbocycles. The number of piperazine rings is 1. The maximum atomic E-state index is 8.38. The Morgan fingerprint density at radius 3 is 2.65 bits per heavy atom. The van der Waals surface area contributed by atoms with Gasteiger partial charge in [-0.1, -0.05) is 12.8 Å². The van der Waals surface area contributed by atoms with E-state index < -0.39 is 0 Å². The fourth-order valence-electron chi connectivity index (χ4n) is 5.29. The molecule has 1 aromatic heterocycles. The number of hydrogen-bond donors (Lipinski definition) is 2. The Kier molecular flexibility index (Phi) is 4.34. The maximum Gasteiger partial charge on any atom is 0.159 e. The van der Waals surface area contributed by atoms with Crippen LogP contribution in [0.2, 0.25) is 0 Å². The van der Waals surface area contributed by atoms with Crippen molar-refractivity contribution >= 4 is 17.1 Å². The van der Waals surface area contributed by atoms with E-state index in [1.54, 1.807) is 0 Å². The summed E-state index contributed by atoms with van der Waals surface area (Å²) in [5, 5.41) is 6.70. The summed E-state index contributed by atoms with van der Waals surface area (Å²) >= 11 is 0. The van der Waals surface area contributed by atoms with Crippen molar-refractivity contribution in [3.8, 4) is 11.4 Å². The lowest BCUT2D eigenvalue weighted by Crippen LogP contribution is -2.43. The highest BCUT2D eigenvalue weighted by Gasteiger charge is 2.43. The molecule has 0 radical (unpaired) electrons. The summed E-state index contributed by atoms with van der Waals surface area (Å²) in [4.78, 5) is 16.8. The van der Waals surface area contributed by atoms with Gasteiger partial charge in [0.05, 0.1) is 18.5 Å². The summed E-state index contributed by atoms with van der Waals surface area (Å²) in [6.07, 6.45) is 9.08. The Hall–Kier alpha value is -2.99. The van der Waals surface area contributed by atoms with Crippen molar-refractivity contribution < 1.29 is 1.37 Å². The molecule has 4 heterocycles. The fourth-order valence-corrected chi connectivity index (χ4v) is 5.29. The van der Waals surface area contributed by atoms with Crippen molar-refractivity contribution in [1.29, 1.82) is 0 Å². The fraction of sp³-hybridized carbons (Fsp3) is 0.400. The molecule has 0 amide bonds. The Bertz CT molecular complexity index is 1120. The zero-order valence-electron chi connectivity index (χ0n) is 18.7. The molecule has 1 aliphatic carbocycles.